The van der Waals surface area contributed by atoms with Gasteiger partial charge in [-0.25, -0.2) is 16.8 Å². The van der Waals surface area contributed by atoms with Crippen LogP contribution in [0, 0.1) is 6.92 Å². The Bertz CT molecular complexity index is 1220. The van der Waals surface area contributed by atoms with E-state index in [1.807, 2.05) is 6.92 Å². The number of hydrogen-bond acceptors (Lipinski definition) is 5. The first-order valence-electron chi connectivity index (χ1n) is 10.6. The normalized spacial score (nSPS) is 14.0. The molecule has 0 saturated heterocycles. The van der Waals surface area contributed by atoms with Gasteiger partial charge in [0.25, 0.3) is 10.0 Å². The summed E-state index contributed by atoms with van der Waals surface area (Å²) in [4.78, 5) is 11.7. The summed E-state index contributed by atoms with van der Waals surface area (Å²) in [5, 5.41) is 2.71. The Labute approximate surface area is 190 Å². The lowest BCUT2D eigenvalue weighted by Gasteiger charge is -2.31. The van der Waals surface area contributed by atoms with Crippen molar-refractivity contribution in [2.24, 2.45) is 0 Å². The molecule has 8 nitrogen and oxygen atoms in total. The minimum atomic E-state index is -3.92. The van der Waals surface area contributed by atoms with Crippen molar-refractivity contribution in [3.05, 3.63) is 47.5 Å². The van der Waals surface area contributed by atoms with Crippen molar-refractivity contribution < 1.29 is 21.6 Å². The Kier molecular flexibility index (Phi) is 7.14. The number of sulfonamides is 2. The topological polar surface area (TPSA) is 113 Å². The van der Waals surface area contributed by atoms with E-state index in [1.165, 1.54) is 10.4 Å². The highest BCUT2D eigenvalue weighted by Gasteiger charge is 2.27. The first kappa shape index (κ1) is 24.1. The van der Waals surface area contributed by atoms with Crippen molar-refractivity contribution in [2.75, 3.05) is 26.6 Å². The minimum Gasteiger partial charge on any atom is -0.326 e. The van der Waals surface area contributed by atoms with Crippen LogP contribution in [-0.2, 0) is 31.3 Å². The number of anilines is 3. The lowest BCUT2D eigenvalue weighted by Crippen LogP contribution is -2.37. The summed E-state index contributed by atoms with van der Waals surface area (Å²) in [6.07, 6.45) is 2.30. The van der Waals surface area contributed by atoms with Gasteiger partial charge in [-0.15, -0.1) is 0 Å². The van der Waals surface area contributed by atoms with E-state index in [9.17, 15) is 21.6 Å². The van der Waals surface area contributed by atoms with E-state index in [-0.39, 0.29) is 16.6 Å². The molecule has 0 unspecified atom stereocenters. The van der Waals surface area contributed by atoms with Crippen molar-refractivity contribution in [2.45, 2.75) is 51.3 Å². The third-order valence-corrected chi connectivity index (χ3v) is 8.80. The fraction of sp³-hybridized carbons (Fsp3) is 0.409. The fourth-order valence-corrected chi connectivity index (χ4v) is 6.64. The van der Waals surface area contributed by atoms with Gasteiger partial charge in [-0.1, -0.05) is 19.9 Å². The van der Waals surface area contributed by atoms with Crippen LogP contribution in [-0.4, -0.2) is 35.0 Å². The van der Waals surface area contributed by atoms with Gasteiger partial charge < -0.3 is 5.32 Å². The summed E-state index contributed by atoms with van der Waals surface area (Å²) >= 11 is 0. The maximum atomic E-state index is 13.0. The number of nitrogens with zero attached hydrogens (tertiary/aromatic N) is 1. The number of aryl methyl sites for hydroxylation is 2. The molecule has 0 aromatic heterocycles. The van der Waals surface area contributed by atoms with Crippen molar-refractivity contribution in [1.29, 1.82) is 0 Å². The van der Waals surface area contributed by atoms with Crippen LogP contribution in [0.3, 0.4) is 0 Å². The lowest BCUT2D eigenvalue weighted by atomic mass is 10.0. The molecule has 0 atom stereocenters. The van der Waals surface area contributed by atoms with Gasteiger partial charge in [0.2, 0.25) is 15.9 Å². The summed E-state index contributed by atoms with van der Waals surface area (Å²) in [6, 6.07) is 9.60. The van der Waals surface area contributed by atoms with Crippen LogP contribution in [0.5, 0.6) is 0 Å². The molecule has 32 heavy (non-hydrogen) atoms. The molecule has 0 radical (unpaired) electrons. The van der Waals surface area contributed by atoms with Crippen LogP contribution in [0.1, 0.15) is 44.2 Å². The molecule has 10 heteroatoms. The van der Waals surface area contributed by atoms with Crippen LogP contribution in [0.25, 0.3) is 0 Å². The molecule has 0 bridgehead atoms. The summed E-state index contributed by atoms with van der Waals surface area (Å²) in [5.74, 6) is -0.113. The molecule has 3 rings (SSSR count). The minimum absolute atomic E-state index is 0.0442. The van der Waals surface area contributed by atoms with Gasteiger partial charge in [-0.05, 0) is 67.6 Å². The van der Waals surface area contributed by atoms with Gasteiger partial charge in [-0.3, -0.25) is 13.8 Å². The molecule has 2 aromatic rings. The van der Waals surface area contributed by atoms with Crippen molar-refractivity contribution in [3.8, 4) is 0 Å². The van der Waals surface area contributed by atoms with E-state index in [2.05, 4.69) is 10.0 Å². The first-order chi connectivity index (χ1) is 15.1. The highest BCUT2D eigenvalue weighted by atomic mass is 32.2. The van der Waals surface area contributed by atoms with Gasteiger partial charge in [0.15, 0.2) is 0 Å². The molecule has 0 spiro atoms. The van der Waals surface area contributed by atoms with Crippen molar-refractivity contribution in [3.63, 3.8) is 0 Å². The summed E-state index contributed by atoms with van der Waals surface area (Å²) < 4.78 is 55.4. The molecule has 2 N–H and O–H groups in total. The highest BCUT2D eigenvalue weighted by Crippen LogP contribution is 2.33. The molecular weight excluding hydrogens is 450 g/mol. The van der Waals surface area contributed by atoms with E-state index in [0.29, 0.717) is 42.0 Å². The maximum absolute atomic E-state index is 13.0. The summed E-state index contributed by atoms with van der Waals surface area (Å²) in [7, 11) is -7.38. The second-order valence-electron chi connectivity index (χ2n) is 7.82. The van der Waals surface area contributed by atoms with Gasteiger partial charge >= 0.3 is 0 Å². The number of rotatable bonds is 8. The van der Waals surface area contributed by atoms with Crippen molar-refractivity contribution >= 4 is 43.0 Å². The number of benzene rings is 2. The lowest BCUT2D eigenvalue weighted by molar-refractivity contribution is -0.115. The Morgan fingerprint density at radius 3 is 2.41 bits per heavy atom. The zero-order chi connectivity index (χ0) is 23.5. The molecule has 0 saturated carbocycles. The van der Waals surface area contributed by atoms with Gasteiger partial charge in [0.1, 0.15) is 0 Å². The molecule has 1 heterocycles. The average molecular weight is 480 g/mol. The van der Waals surface area contributed by atoms with Gasteiger partial charge in [0.05, 0.1) is 22.0 Å². The first-order valence-corrected chi connectivity index (χ1v) is 13.7. The molecule has 2 aromatic carbocycles. The molecule has 1 aliphatic rings. The van der Waals surface area contributed by atoms with Crippen LogP contribution in [0.15, 0.2) is 41.3 Å². The number of fused-ring (bicyclic) bond motifs is 1. The van der Waals surface area contributed by atoms with E-state index < -0.39 is 20.0 Å². The van der Waals surface area contributed by atoms with Crippen LogP contribution in [0.2, 0.25) is 0 Å². The Morgan fingerprint density at radius 1 is 1.03 bits per heavy atom. The highest BCUT2D eigenvalue weighted by molar-refractivity contribution is 7.93. The molecule has 1 amide bonds. The molecule has 0 fully saturated rings. The largest absolute Gasteiger partial charge is 0.326 e. The molecule has 0 aliphatic carbocycles. The second-order valence-corrected chi connectivity index (χ2v) is 11.5. The predicted molar refractivity (Wildman–Crippen MR) is 127 cm³/mol. The Morgan fingerprint density at radius 2 is 1.75 bits per heavy atom. The number of amides is 1. The van der Waals surface area contributed by atoms with Gasteiger partial charge in [0, 0.05) is 18.7 Å². The maximum Gasteiger partial charge on any atom is 0.262 e. The fourth-order valence-electron chi connectivity index (χ4n) is 3.75. The average Bonchev–Trinajstić information content (AvgIpc) is 2.72. The van der Waals surface area contributed by atoms with E-state index >= 15 is 0 Å². The number of carbonyl (C=O) groups is 1. The third-order valence-electron chi connectivity index (χ3n) is 5.28. The zero-order valence-electron chi connectivity index (χ0n) is 18.5. The standard InChI is InChI=1S/C22H29N3O5S2/c1-4-13-31(27,28)25-12-6-7-17-8-9-19(15-20(17)25)24-32(29,30)21-11-10-18(14-16(21)3)23-22(26)5-2/h8-11,14-15,24H,4-7,12-13H2,1-3H3,(H,23,26). The van der Waals surface area contributed by atoms with Crippen LogP contribution < -0.4 is 14.3 Å². The third kappa shape index (κ3) is 5.24. The molecular formula is C22H29N3O5S2. The number of carbonyl (C=O) groups excluding carboxylic acids is 1. The van der Waals surface area contributed by atoms with Gasteiger partial charge in [-0.2, -0.15) is 0 Å². The second kappa shape index (κ2) is 9.50. The Balaban J connectivity index is 1.90. The van der Waals surface area contributed by atoms with Crippen LogP contribution >= 0.6 is 0 Å². The monoisotopic (exact) mass is 479 g/mol. The van der Waals surface area contributed by atoms with E-state index in [0.717, 1.165) is 18.4 Å². The van der Waals surface area contributed by atoms with E-state index in [1.54, 1.807) is 44.2 Å². The number of nitrogens with one attached hydrogen (secondary N) is 2. The summed E-state index contributed by atoms with van der Waals surface area (Å²) in [5.41, 5.74) is 2.71. The predicted octanol–water partition coefficient (Wildman–Crippen LogP) is 3.64. The Hall–Kier alpha value is -2.59. The van der Waals surface area contributed by atoms with E-state index in [4.69, 9.17) is 0 Å². The van der Waals surface area contributed by atoms with Crippen molar-refractivity contribution in [1.82, 2.24) is 0 Å². The SMILES string of the molecule is CCCS(=O)(=O)N1CCCc2ccc(NS(=O)(=O)c3ccc(NC(=O)CC)cc3C)cc21. The zero-order valence-corrected chi connectivity index (χ0v) is 20.1. The quantitative estimate of drug-likeness (QED) is 0.600. The summed E-state index contributed by atoms with van der Waals surface area (Å²) in [6.45, 7) is 5.59. The van der Waals surface area contributed by atoms with Crippen LogP contribution in [0.4, 0.5) is 17.1 Å². The molecule has 174 valence electrons. The smallest absolute Gasteiger partial charge is 0.262 e. The molecule has 1 aliphatic heterocycles. The number of hydrogen-bond donors (Lipinski definition) is 2.